The summed E-state index contributed by atoms with van der Waals surface area (Å²) >= 11 is 0. The average molecular weight is 423 g/mol. The van der Waals surface area contributed by atoms with Crippen molar-refractivity contribution in [1.29, 1.82) is 0 Å². The van der Waals surface area contributed by atoms with E-state index in [4.69, 9.17) is 4.74 Å². The third kappa shape index (κ3) is 7.57. The molecule has 1 aliphatic rings. The van der Waals surface area contributed by atoms with Gasteiger partial charge in [0.05, 0.1) is 6.54 Å². The summed E-state index contributed by atoms with van der Waals surface area (Å²) in [4.78, 5) is 16.5. The van der Waals surface area contributed by atoms with Gasteiger partial charge in [-0.05, 0) is 36.4 Å². The highest BCUT2D eigenvalue weighted by Gasteiger charge is 2.31. The molecule has 1 saturated heterocycles. The smallest absolute Gasteiger partial charge is 0.492 e. The molecule has 0 radical (unpaired) electrons. The highest BCUT2D eigenvalue weighted by atomic mass is 19.4. The summed E-state index contributed by atoms with van der Waals surface area (Å²) in [5.41, 5.74) is 0.422. The number of ether oxygens (including phenoxy) is 2. The van der Waals surface area contributed by atoms with Crippen molar-refractivity contribution in [3.63, 3.8) is 0 Å². The molecule has 0 spiro atoms. The van der Waals surface area contributed by atoms with E-state index in [2.05, 4.69) is 15.0 Å². The van der Waals surface area contributed by atoms with Gasteiger partial charge in [0.25, 0.3) is 0 Å². The molecule has 1 heterocycles. The summed E-state index contributed by atoms with van der Waals surface area (Å²) in [6.45, 7) is 4.87. The maximum atomic E-state index is 12.2. The van der Waals surface area contributed by atoms with Crippen molar-refractivity contribution in [3.05, 3.63) is 54.6 Å². The van der Waals surface area contributed by atoms with Crippen LogP contribution in [0.1, 0.15) is 0 Å². The van der Waals surface area contributed by atoms with Gasteiger partial charge in [0.15, 0.2) is 0 Å². The fourth-order valence-corrected chi connectivity index (χ4v) is 3.12. The Morgan fingerprint density at radius 1 is 0.900 bits per heavy atom. The molecule has 0 unspecified atom stereocenters. The Labute approximate surface area is 173 Å². The zero-order valence-electron chi connectivity index (χ0n) is 16.4. The summed E-state index contributed by atoms with van der Waals surface area (Å²) < 4.78 is 46.1. The van der Waals surface area contributed by atoms with Crippen LogP contribution < -0.4 is 14.8 Å². The number of anilines is 1. The summed E-state index contributed by atoms with van der Waals surface area (Å²) in [5, 5.41) is 2.69. The molecule has 0 bridgehead atoms. The van der Waals surface area contributed by atoms with Crippen LogP contribution in [0.25, 0.3) is 0 Å². The van der Waals surface area contributed by atoms with Crippen LogP contribution in [0.2, 0.25) is 0 Å². The molecule has 1 N–H and O–H groups in total. The summed E-state index contributed by atoms with van der Waals surface area (Å²) in [6.07, 6.45) is -4.74. The second kappa shape index (κ2) is 10.3. The standard InChI is InChI=1S/C21H24F3N3O3/c22-21(23,24)30-19-8-6-17(7-9-19)25-20(28)16-27-12-10-26(11-13-27)14-15-29-18-4-2-1-3-5-18/h1-9H,10-16H2,(H,25,28). The Kier molecular flexibility index (Phi) is 7.53. The molecule has 2 aromatic rings. The number of carbonyl (C=O) groups is 1. The number of piperazine rings is 1. The topological polar surface area (TPSA) is 54.0 Å². The van der Waals surface area contributed by atoms with Gasteiger partial charge in [-0.3, -0.25) is 14.6 Å². The molecule has 0 saturated carbocycles. The van der Waals surface area contributed by atoms with Crippen LogP contribution in [-0.4, -0.2) is 67.9 Å². The number of halogens is 3. The molecule has 30 heavy (non-hydrogen) atoms. The largest absolute Gasteiger partial charge is 0.573 e. The Morgan fingerprint density at radius 2 is 1.53 bits per heavy atom. The minimum absolute atomic E-state index is 0.208. The van der Waals surface area contributed by atoms with E-state index in [1.165, 1.54) is 24.3 Å². The van der Waals surface area contributed by atoms with E-state index in [1.54, 1.807) is 0 Å². The SMILES string of the molecule is O=C(CN1CCN(CCOc2ccccc2)CC1)Nc1ccc(OC(F)(F)F)cc1. The number of para-hydroxylation sites is 1. The van der Waals surface area contributed by atoms with Crippen molar-refractivity contribution < 1.29 is 27.4 Å². The first-order chi connectivity index (χ1) is 14.4. The summed E-state index contributed by atoms with van der Waals surface area (Å²) in [7, 11) is 0. The second-order valence-electron chi connectivity index (χ2n) is 6.90. The lowest BCUT2D eigenvalue weighted by molar-refractivity contribution is -0.274. The molecule has 1 fully saturated rings. The lowest BCUT2D eigenvalue weighted by Gasteiger charge is -2.34. The van der Waals surface area contributed by atoms with Crippen molar-refractivity contribution in [3.8, 4) is 11.5 Å². The van der Waals surface area contributed by atoms with Gasteiger partial charge in [-0.25, -0.2) is 0 Å². The third-order valence-electron chi connectivity index (χ3n) is 4.62. The Bertz CT molecular complexity index is 793. The minimum Gasteiger partial charge on any atom is -0.492 e. The number of alkyl halides is 3. The highest BCUT2D eigenvalue weighted by molar-refractivity contribution is 5.92. The van der Waals surface area contributed by atoms with Crippen molar-refractivity contribution in [2.75, 3.05) is 51.2 Å². The van der Waals surface area contributed by atoms with Crippen molar-refractivity contribution in [2.24, 2.45) is 0 Å². The van der Waals surface area contributed by atoms with Crippen LogP contribution in [0.15, 0.2) is 54.6 Å². The molecule has 1 amide bonds. The van der Waals surface area contributed by atoms with E-state index in [9.17, 15) is 18.0 Å². The van der Waals surface area contributed by atoms with Crippen LogP contribution in [0.5, 0.6) is 11.5 Å². The van der Waals surface area contributed by atoms with Gasteiger partial charge in [0, 0.05) is 38.4 Å². The first-order valence-electron chi connectivity index (χ1n) is 9.66. The molecule has 0 aliphatic carbocycles. The van der Waals surface area contributed by atoms with E-state index < -0.39 is 6.36 Å². The van der Waals surface area contributed by atoms with Gasteiger partial charge in [-0.1, -0.05) is 18.2 Å². The van der Waals surface area contributed by atoms with Crippen LogP contribution in [0, 0.1) is 0 Å². The summed E-state index contributed by atoms with van der Waals surface area (Å²) in [6, 6.07) is 14.8. The fourth-order valence-electron chi connectivity index (χ4n) is 3.12. The van der Waals surface area contributed by atoms with Crippen molar-refractivity contribution in [2.45, 2.75) is 6.36 Å². The second-order valence-corrected chi connectivity index (χ2v) is 6.90. The number of nitrogens with zero attached hydrogens (tertiary/aromatic N) is 2. The third-order valence-corrected chi connectivity index (χ3v) is 4.62. The number of hydrogen-bond acceptors (Lipinski definition) is 5. The van der Waals surface area contributed by atoms with E-state index in [0.29, 0.717) is 12.3 Å². The van der Waals surface area contributed by atoms with Crippen LogP contribution in [0.3, 0.4) is 0 Å². The maximum Gasteiger partial charge on any atom is 0.573 e. The van der Waals surface area contributed by atoms with Gasteiger partial charge in [-0.15, -0.1) is 13.2 Å². The van der Waals surface area contributed by atoms with Crippen molar-refractivity contribution >= 4 is 11.6 Å². The lowest BCUT2D eigenvalue weighted by Crippen LogP contribution is -2.49. The summed E-state index contributed by atoms with van der Waals surface area (Å²) in [5.74, 6) is 0.319. The molecule has 162 valence electrons. The molecular formula is C21H24F3N3O3. The zero-order valence-corrected chi connectivity index (χ0v) is 16.4. The van der Waals surface area contributed by atoms with E-state index in [0.717, 1.165) is 38.5 Å². The van der Waals surface area contributed by atoms with Gasteiger partial charge >= 0.3 is 6.36 Å². The Morgan fingerprint density at radius 3 is 2.17 bits per heavy atom. The number of benzene rings is 2. The quantitative estimate of drug-likeness (QED) is 0.707. The lowest BCUT2D eigenvalue weighted by atomic mass is 10.3. The number of rotatable bonds is 8. The predicted molar refractivity (Wildman–Crippen MR) is 107 cm³/mol. The Hall–Kier alpha value is -2.78. The molecule has 2 aromatic carbocycles. The predicted octanol–water partition coefficient (Wildman–Crippen LogP) is 3.22. The van der Waals surface area contributed by atoms with Crippen LogP contribution in [-0.2, 0) is 4.79 Å². The number of nitrogens with one attached hydrogen (secondary N) is 1. The van der Waals surface area contributed by atoms with Gasteiger partial charge in [0.2, 0.25) is 5.91 Å². The van der Waals surface area contributed by atoms with E-state index in [-0.39, 0.29) is 18.2 Å². The minimum atomic E-state index is -4.74. The maximum absolute atomic E-state index is 12.2. The number of hydrogen-bond donors (Lipinski definition) is 1. The van der Waals surface area contributed by atoms with Gasteiger partial charge in [0.1, 0.15) is 18.1 Å². The highest BCUT2D eigenvalue weighted by Crippen LogP contribution is 2.24. The van der Waals surface area contributed by atoms with Crippen LogP contribution in [0.4, 0.5) is 18.9 Å². The number of amides is 1. The average Bonchev–Trinajstić information content (AvgIpc) is 2.70. The molecular weight excluding hydrogens is 399 g/mol. The fraction of sp³-hybridized carbons (Fsp3) is 0.381. The van der Waals surface area contributed by atoms with E-state index in [1.807, 2.05) is 35.2 Å². The molecule has 0 aromatic heterocycles. The molecule has 1 aliphatic heterocycles. The normalized spacial score (nSPS) is 15.6. The van der Waals surface area contributed by atoms with Gasteiger partial charge < -0.3 is 14.8 Å². The molecule has 3 rings (SSSR count). The molecule has 6 nitrogen and oxygen atoms in total. The first kappa shape index (κ1) is 21.9. The zero-order chi connectivity index (χ0) is 21.4. The monoisotopic (exact) mass is 423 g/mol. The van der Waals surface area contributed by atoms with Crippen molar-refractivity contribution in [1.82, 2.24) is 9.80 Å². The molecule has 9 heteroatoms. The van der Waals surface area contributed by atoms with Crippen LogP contribution >= 0.6 is 0 Å². The van der Waals surface area contributed by atoms with E-state index >= 15 is 0 Å². The molecule has 0 atom stereocenters. The Balaban J connectivity index is 1.34. The van der Waals surface area contributed by atoms with Gasteiger partial charge in [-0.2, -0.15) is 0 Å². The first-order valence-corrected chi connectivity index (χ1v) is 9.66. The number of carbonyl (C=O) groups excluding carboxylic acids is 1.